The van der Waals surface area contributed by atoms with Gasteiger partial charge in [0.2, 0.25) is 0 Å². The van der Waals surface area contributed by atoms with Gasteiger partial charge in [-0.2, -0.15) is 0 Å². The van der Waals surface area contributed by atoms with Crippen molar-refractivity contribution in [2.24, 2.45) is 0 Å². The van der Waals surface area contributed by atoms with E-state index in [-0.39, 0.29) is 23.7 Å². The van der Waals surface area contributed by atoms with Gasteiger partial charge < -0.3 is 15.2 Å². The number of Topliss-reactive ketones (excluding diaryl/α,β-unsaturated/α-hetero) is 1. The number of carbonyl (C=O) groups is 1. The van der Waals surface area contributed by atoms with Gasteiger partial charge in [0.1, 0.15) is 24.3 Å². The zero-order valence-electron chi connectivity index (χ0n) is 14.2. The van der Waals surface area contributed by atoms with E-state index >= 15 is 0 Å². The maximum absolute atomic E-state index is 13.4. The van der Waals surface area contributed by atoms with Crippen LogP contribution in [0.15, 0.2) is 48.5 Å². The number of halogens is 1. The first kappa shape index (κ1) is 17.6. The lowest BCUT2D eigenvalue weighted by molar-refractivity contribution is 0.100. The molecule has 1 saturated carbocycles. The lowest BCUT2D eigenvalue weighted by Gasteiger charge is -2.21. The van der Waals surface area contributed by atoms with Gasteiger partial charge in [-0.05, 0) is 49.6 Å². The Bertz CT molecular complexity index is 758. The summed E-state index contributed by atoms with van der Waals surface area (Å²) in [4.78, 5) is 11.4. The minimum atomic E-state index is -0.702. The third-order valence-corrected chi connectivity index (χ3v) is 4.49. The molecule has 3 rings (SSSR count). The number of hydrogen-bond acceptors (Lipinski definition) is 4. The number of rotatable bonds is 8. The van der Waals surface area contributed by atoms with E-state index in [1.165, 1.54) is 19.1 Å². The Hall–Kier alpha value is -2.24. The lowest BCUT2D eigenvalue weighted by atomic mass is 10.0. The minimum Gasteiger partial charge on any atom is -0.491 e. The summed E-state index contributed by atoms with van der Waals surface area (Å²) in [5.74, 6) is 0.274. The van der Waals surface area contributed by atoms with Crippen molar-refractivity contribution in [2.45, 2.75) is 31.4 Å². The maximum atomic E-state index is 13.4. The van der Waals surface area contributed by atoms with Crippen LogP contribution in [0.25, 0.3) is 0 Å². The molecule has 1 aliphatic carbocycles. The van der Waals surface area contributed by atoms with Crippen LogP contribution in [0.2, 0.25) is 0 Å². The summed E-state index contributed by atoms with van der Waals surface area (Å²) in [7, 11) is 0. The highest BCUT2D eigenvalue weighted by Crippen LogP contribution is 2.45. The Morgan fingerprint density at radius 1 is 1.28 bits per heavy atom. The largest absolute Gasteiger partial charge is 0.491 e. The number of ether oxygens (including phenoxy) is 1. The van der Waals surface area contributed by atoms with E-state index in [0.29, 0.717) is 17.9 Å². The second-order valence-electron chi connectivity index (χ2n) is 6.52. The highest BCUT2D eigenvalue weighted by Gasteiger charge is 2.44. The van der Waals surface area contributed by atoms with Crippen molar-refractivity contribution in [1.29, 1.82) is 0 Å². The van der Waals surface area contributed by atoms with Gasteiger partial charge in [-0.15, -0.1) is 0 Å². The zero-order chi connectivity index (χ0) is 17.9. The van der Waals surface area contributed by atoms with E-state index in [1.807, 2.05) is 6.07 Å². The van der Waals surface area contributed by atoms with Crippen LogP contribution in [-0.2, 0) is 5.54 Å². The molecule has 1 fully saturated rings. The van der Waals surface area contributed by atoms with Gasteiger partial charge in [-0.1, -0.05) is 24.3 Å². The Morgan fingerprint density at radius 3 is 2.72 bits per heavy atom. The quantitative estimate of drug-likeness (QED) is 0.724. The van der Waals surface area contributed by atoms with Gasteiger partial charge in [0.25, 0.3) is 0 Å². The Morgan fingerprint density at radius 2 is 2.04 bits per heavy atom. The standard InChI is InChI=1S/C20H22FNO3/c1-14(23)15-4-2-7-19(10-15)25-13-18(24)12-22-20(8-9-20)16-5-3-6-17(21)11-16/h2-7,10-11,18,22,24H,8-9,12-13H2,1H3. The fourth-order valence-corrected chi connectivity index (χ4v) is 2.85. The monoisotopic (exact) mass is 343 g/mol. The molecule has 0 bridgehead atoms. The Kier molecular flexibility index (Phi) is 5.16. The number of carbonyl (C=O) groups excluding carboxylic acids is 1. The summed E-state index contributed by atoms with van der Waals surface area (Å²) in [6, 6.07) is 13.5. The smallest absolute Gasteiger partial charge is 0.159 e. The topological polar surface area (TPSA) is 58.6 Å². The SMILES string of the molecule is CC(=O)c1cccc(OCC(O)CNC2(c3cccc(F)c3)CC2)c1. The molecular weight excluding hydrogens is 321 g/mol. The second kappa shape index (κ2) is 7.33. The first-order valence-corrected chi connectivity index (χ1v) is 8.41. The van der Waals surface area contributed by atoms with Crippen LogP contribution in [0, 0.1) is 5.82 Å². The minimum absolute atomic E-state index is 0.0292. The van der Waals surface area contributed by atoms with Gasteiger partial charge >= 0.3 is 0 Å². The van der Waals surface area contributed by atoms with Crippen LogP contribution in [0.1, 0.15) is 35.7 Å². The molecule has 2 N–H and O–H groups in total. The van der Waals surface area contributed by atoms with Crippen molar-refractivity contribution < 1.29 is 19.0 Å². The van der Waals surface area contributed by atoms with Gasteiger partial charge in [0.15, 0.2) is 5.78 Å². The van der Waals surface area contributed by atoms with Crippen molar-refractivity contribution in [3.8, 4) is 5.75 Å². The maximum Gasteiger partial charge on any atom is 0.159 e. The van der Waals surface area contributed by atoms with E-state index in [4.69, 9.17) is 4.74 Å². The molecule has 0 spiro atoms. The molecule has 0 heterocycles. The van der Waals surface area contributed by atoms with Crippen LogP contribution in [-0.4, -0.2) is 30.1 Å². The second-order valence-corrected chi connectivity index (χ2v) is 6.52. The molecule has 1 unspecified atom stereocenters. The summed E-state index contributed by atoms with van der Waals surface area (Å²) >= 11 is 0. The lowest BCUT2D eigenvalue weighted by Crippen LogP contribution is -2.38. The van der Waals surface area contributed by atoms with E-state index in [1.54, 1.807) is 30.3 Å². The molecular formula is C20H22FNO3. The Labute approximate surface area is 146 Å². The molecule has 0 aromatic heterocycles. The molecule has 2 aromatic rings. The van der Waals surface area contributed by atoms with Crippen LogP contribution in [0.3, 0.4) is 0 Å². The van der Waals surface area contributed by atoms with Crippen molar-refractivity contribution in [1.82, 2.24) is 5.32 Å². The van der Waals surface area contributed by atoms with E-state index in [0.717, 1.165) is 18.4 Å². The fourth-order valence-electron chi connectivity index (χ4n) is 2.85. The van der Waals surface area contributed by atoms with Gasteiger partial charge in [0, 0.05) is 17.6 Å². The molecule has 2 aromatic carbocycles. The molecule has 0 aliphatic heterocycles. The van der Waals surface area contributed by atoms with Crippen LogP contribution in [0.5, 0.6) is 5.75 Å². The molecule has 5 heteroatoms. The molecule has 1 atom stereocenters. The van der Waals surface area contributed by atoms with Gasteiger partial charge in [-0.25, -0.2) is 4.39 Å². The average Bonchev–Trinajstić information content (AvgIpc) is 3.40. The van der Waals surface area contributed by atoms with Crippen molar-refractivity contribution in [3.05, 3.63) is 65.5 Å². The first-order chi connectivity index (χ1) is 12.0. The van der Waals surface area contributed by atoms with Crippen LogP contribution in [0.4, 0.5) is 4.39 Å². The number of hydrogen-bond donors (Lipinski definition) is 2. The number of nitrogens with one attached hydrogen (secondary N) is 1. The number of benzene rings is 2. The van der Waals surface area contributed by atoms with Crippen molar-refractivity contribution >= 4 is 5.78 Å². The predicted octanol–water partition coefficient (Wildman–Crippen LogP) is 3.05. The molecule has 0 radical (unpaired) electrons. The number of ketones is 1. The van der Waals surface area contributed by atoms with Crippen molar-refractivity contribution in [3.63, 3.8) is 0 Å². The first-order valence-electron chi connectivity index (χ1n) is 8.41. The van der Waals surface area contributed by atoms with Gasteiger partial charge in [0.05, 0.1) is 0 Å². The van der Waals surface area contributed by atoms with Crippen molar-refractivity contribution in [2.75, 3.05) is 13.2 Å². The van der Waals surface area contributed by atoms with E-state index in [9.17, 15) is 14.3 Å². The highest BCUT2D eigenvalue weighted by molar-refractivity contribution is 5.94. The molecule has 1 aliphatic rings. The third-order valence-electron chi connectivity index (χ3n) is 4.49. The summed E-state index contributed by atoms with van der Waals surface area (Å²) in [5, 5.41) is 13.5. The summed E-state index contributed by atoms with van der Waals surface area (Å²) in [5.41, 5.74) is 1.25. The molecule has 0 saturated heterocycles. The molecule has 132 valence electrons. The molecule has 25 heavy (non-hydrogen) atoms. The predicted molar refractivity (Wildman–Crippen MR) is 93.3 cm³/mol. The average molecular weight is 343 g/mol. The Balaban J connectivity index is 1.51. The number of aliphatic hydroxyl groups excluding tert-OH is 1. The summed E-state index contributed by atoms with van der Waals surface area (Å²) in [6.07, 6.45) is 1.14. The van der Waals surface area contributed by atoms with E-state index in [2.05, 4.69) is 5.32 Å². The fraction of sp³-hybridized carbons (Fsp3) is 0.350. The van der Waals surface area contributed by atoms with Crippen LogP contribution >= 0.6 is 0 Å². The van der Waals surface area contributed by atoms with E-state index < -0.39 is 6.10 Å². The highest BCUT2D eigenvalue weighted by atomic mass is 19.1. The summed E-state index contributed by atoms with van der Waals surface area (Å²) < 4.78 is 19.0. The number of aliphatic hydroxyl groups is 1. The molecule has 4 nitrogen and oxygen atoms in total. The summed E-state index contributed by atoms with van der Waals surface area (Å²) in [6.45, 7) is 1.97. The van der Waals surface area contributed by atoms with Gasteiger partial charge in [-0.3, -0.25) is 4.79 Å². The van der Waals surface area contributed by atoms with Crippen LogP contribution < -0.4 is 10.1 Å². The third kappa shape index (κ3) is 4.44. The normalized spacial score (nSPS) is 16.3. The molecule has 0 amide bonds. The zero-order valence-corrected chi connectivity index (χ0v) is 14.2.